The molecule has 1 saturated carbocycles. The molecule has 2 N–H and O–H groups in total. The predicted octanol–water partition coefficient (Wildman–Crippen LogP) is 5.01. The normalized spacial score (nSPS) is 33.5. The second-order valence-electron chi connectivity index (χ2n) is 8.92. The Morgan fingerprint density at radius 1 is 1.11 bits per heavy atom. The molecule has 158 valence electrons. The first-order valence-corrected chi connectivity index (χ1v) is 13.8. The number of hydrogen-bond acceptors (Lipinski definition) is 4. The van der Waals surface area contributed by atoms with Crippen LogP contribution < -0.4 is 0 Å². The van der Waals surface area contributed by atoms with Gasteiger partial charge in [-0.15, -0.1) is 0 Å². The largest absolute Gasteiger partial charge is 0.413 e. The van der Waals surface area contributed by atoms with Crippen molar-refractivity contribution >= 4 is 8.32 Å². The van der Waals surface area contributed by atoms with E-state index >= 15 is 0 Å². The van der Waals surface area contributed by atoms with Gasteiger partial charge in [-0.05, 0) is 43.8 Å². The highest BCUT2D eigenvalue weighted by Gasteiger charge is 2.50. The average Bonchev–Trinajstić information content (AvgIpc) is 3.13. The minimum atomic E-state index is -1.70. The summed E-state index contributed by atoms with van der Waals surface area (Å²) in [7, 11) is -1.70. The number of rotatable bonds is 11. The minimum Gasteiger partial charge on any atom is -0.413 e. The zero-order valence-corrected chi connectivity index (χ0v) is 19.1. The van der Waals surface area contributed by atoms with Gasteiger partial charge in [-0.25, -0.2) is 0 Å². The molecule has 2 fully saturated rings. The third kappa shape index (κ3) is 5.89. The Morgan fingerprint density at radius 3 is 2.37 bits per heavy atom. The van der Waals surface area contributed by atoms with Gasteiger partial charge in [0.1, 0.15) is 0 Å². The summed E-state index contributed by atoms with van der Waals surface area (Å²) in [5.41, 5.74) is -0.773. The summed E-state index contributed by atoms with van der Waals surface area (Å²) in [5.74, 6) is 0.520. The maximum absolute atomic E-state index is 10.8. The lowest BCUT2D eigenvalue weighted by atomic mass is 9.89. The fraction of sp³-hybridized carbons (Fsp3) is 0.909. The second-order valence-corrected chi connectivity index (χ2v) is 13.6. The third-order valence-corrected chi connectivity index (χ3v) is 11.6. The smallest absolute Gasteiger partial charge is 0.192 e. The van der Waals surface area contributed by atoms with Crippen LogP contribution in [0.15, 0.2) is 12.2 Å². The Morgan fingerprint density at radius 2 is 1.78 bits per heavy atom. The lowest BCUT2D eigenvalue weighted by molar-refractivity contribution is -0.0945. The van der Waals surface area contributed by atoms with E-state index in [0.717, 1.165) is 50.2 Å². The molecule has 1 aliphatic heterocycles. The number of ether oxygens (including phenoxy) is 1. The summed E-state index contributed by atoms with van der Waals surface area (Å²) in [6.07, 6.45) is 9.46. The zero-order valence-electron chi connectivity index (χ0n) is 18.1. The Bertz CT molecular complexity index is 467. The van der Waals surface area contributed by atoms with Crippen LogP contribution in [0.3, 0.4) is 0 Å². The van der Waals surface area contributed by atoms with Gasteiger partial charge in [0.2, 0.25) is 0 Å². The molecule has 4 nitrogen and oxygen atoms in total. The van der Waals surface area contributed by atoms with Crippen LogP contribution in [0.25, 0.3) is 0 Å². The van der Waals surface area contributed by atoms with Crippen molar-refractivity contribution in [3.63, 3.8) is 0 Å². The molecule has 1 heterocycles. The van der Waals surface area contributed by atoms with Crippen LogP contribution in [0.4, 0.5) is 0 Å². The van der Waals surface area contributed by atoms with Gasteiger partial charge in [0.05, 0.1) is 17.8 Å². The standard InChI is InChI=1S/C22H42O4Si/c1-6-10-11-13-22(5,24)14-12-17-18-15-21(23)25-19(18)16-20(17)26-27(7-2,8-3)9-4/h12,14,17-21,23-24H,6-11,13,15-16H2,1-5H3/b14-12+/t17-,18-,19+,20-,21?,22+/m1/s1. The molecule has 0 radical (unpaired) electrons. The van der Waals surface area contributed by atoms with Crippen LogP contribution in [-0.2, 0) is 9.16 Å². The summed E-state index contributed by atoms with van der Waals surface area (Å²) in [5, 5.41) is 20.7. The van der Waals surface area contributed by atoms with Gasteiger partial charge >= 0.3 is 0 Å². The van der Waals surface area contributed by atoms with Gasteiger partial charge in [-0.2, -0.15) is 0 Å². The number of aliphatic hydroxyl groups is 2. The summed E-state index contributed by atoms with van der Waals surface area (Å²) in [6, 6.07) is 3.42. The van der Waals surface area contributed by atoms with Crippen LogP contribution in [0.1, 0.15) is 73.1 Å². The van der Waals surface area contributed by atoms with E-state index in [4.69, 9.17) is 9.16 Å². The number of unbranched alkanes of at least 4 members (excludes halogenated alkanes) is 2. The minimum absolute atomic E-state index is 0.0851. The summed E-state index contributed by atoms with van der Waals surface area (Å²) in [4.78, 5) is 0. The van der Waals surface area contributed by atoms with Crippen molar-refractivity contribution in [3.05, 3.63) is 12.2 Å². The van der Waals surface area contributed by atoms with Gasteiger partial charge in [-0.1, -0.05) is 59.1 Å². The number of hydrogen-bond donors (Lipinski definition) is 2. The fourth-order valence-corrected chi connectivity index (χ4v) is 7.78. The predicted molar refractivity (Wildman–Crippen MR) is 113 cm³/mol. The van der Waals surface area contributed by atoms with E-state index in [1.807, 2.05) is 13.0 Å². The molecular weight excluding hydrogens is 356 g/mol. The quantitative estimate of drug-likeness (QED) is 0.292. The molecule has 27 heavy (non-hydrogen) atoms. The van der Waals surface area contributed by atoms with Crippen LogP contribution in [0.2, 0.25) is 18.1 Å². The molecule has 1 unspecified atom stereocenters. The summed E-state index contributed by atoms with van der Waals surface area (Å²) >= 11 is 0. The van der Waals surface area contributed by atoms with Crippen LogP contribution >= 0.6 is 0 Å². The molecule has 0 aromatic rings. The Labute approximate surface area is 167 Å². The summed E-state index contributed by atoms with van der Waals surface area (Å²) < 4.78 is 12.6. The molecule has 0 bridgehead atoms. The first-order valence-electron chi connectivity index (χ1n) is 11.2. The van der Waals surface area contributed by atoms with Gasteiger partial charge < -0.3 is 19.4 Å². The van der Waals surface area contributed by atoms with Crippen LogP contribution in [0.5, 0.6) is 0 Å². The fourth-order valence-electron chi connectivity index (χ4n) is 4.89. The van der Waals surface area contributed by atoms with Gasteiger partial charge in [-0.3, -0.25) is 0 Å². The van der Waals surface area contributed by atoms with Crippen molar-refractivity contribution in [2.24, 2.45) is 11.8 Å². The summed E-state index contributed by atoms with van der Waals surface area (Å²) in [6.45, 7) is 10.9. The monoisotopic (exact) mass is 398 g/mol. The molecule has 0 aromatic carbocycles. The molecule has 0 amide bonds. The third-order valence-electron chi connectivity index (χ3n) is 6.97. The molecule has 2 rings (SSSR count). The first-order chi connectivity index (χ1) is 12.8. The Kier molecular flexibility index (Phi) is 8.56. The van der Waals surface area contributed by atoms with E-state index in [1.54, 1.807) is 0 Å². The number of fused-ring (bicyclic) bond motifs is 1. The van der Waals surface area contributed by atoms with Gasteiger partial charge in [0, 0.05) is 12.3 Å². The maximum Gasteiger partial charge on any atom is 0.192 e. The molecule has 0 spiro atoms. The van der Waals surface area contributed by atoms with Crippen molar-refractivity contribution in [1.82, 2.24) is 0 Å². The Hall–Kier alpha value is -0.203. The average molecular weight is 399 g/mol. The van der Waals surface area contributed by atoms with Crippen molar-refractivity contribution < 1.29 is 19.4 Å². The van der Waals surface area contributed by atoms with Crippen molar-refractivity contribution in [1.29, 1.82) is 0 Å². The van der Waals surface area contributed by atoms with Gasteiger partial charge in [0.15, 0.2) is 14.6 Å². The van der Waals surface area contributed by atoms with Crippen molar-refractivity contribution in [2.45, 2.75) is 115 Å². The SMILES string of the molecule is CCCCC[C@](C)(O)/C=C/[C@@H]1[C@H]2CC(O)O[C@H]2C[C@H]1O[Si](CC)(CC)CC. The van der Waals surface area contributed by atoms with E-state index < -0.39 is 20.2 Å². The molecule has 5 heteroatoms. The van der Waals surface area contributed by atoms with Crippen molar-refractivity contribution in [3.8, 4) is 0 Å². The van der Waals surface area contributed by atoms with Crippen LogP contribution in [-0.4, -0.2) is 42.6 Å². The Balaban J connectivity index is 2.13. The van der Waals surface area contributed by atoms with Gasteiger partial charge in [0.25, 0.3) is 0 Å². The van der Waals surface area contributed by atoms with E-state index in [0.29, 0.717) is 12.3 Å². The maximum atomic E-state index is 10.8. The lowest BCUT2D eigenvalue weighted by Gasteiger charge is -2.34. The molecule has 2 aliphatic rings. The van der Waals surface area contributed by atoms with E-state index in [1.165, 1.54) is 0 Å². The molecular formula is C22H42O4Si. The van der Waals surface area contributed by atoms with E-state index in [-0.39, 0.29) is 18.1 Å². The highest BCUT2D eigenvalue weighted by molar-refractivity contribution is 6.73. The highest BCUT2D eigenvalue weighted by Crippen LogP contribution is 2.46. The first kappa shape index (κ1) is 23.1. The number of aliphatic hydroxyl groups excluding tert-OH is 1. The molecule has 0 aromatic heterocycles. The highest BCUT2D eigenvalue weighted by atomic mass is 28.4. The molecule has 1 saturated heterocycles. The van der Waals surface area contributed by atoms with E-state index in [9.17, 15) is 10.2 Å². The zero-order chi connectivity index (χ0) is 20.1. The topological polar surface area (TPSA) is 58.9 Å². The second kappa shape index (κ2) is 10.0. The van der Waals surface area contributed by atoms with E-state index in [2.05, 4.69) is 33.8 Å². The molecule has 6 atom stereocenters. The lowest BCUT2D eigenvalue weighted by Crippen LogP contribution is -2.41. The molecule has 1 aliphatic carbocycles. The van der Waals surface area contributed by atoms with Crippen molar-refractivity contribution in [2.75, 3.05) is 0 Å². The van der Waals surface area contributed by atoms with Crippen LogP contribution in [0, 0.1) is 11.8 Å².